The maximum Gasteiger partial charge on any atom is 0.0716 e. The molecule has 7 nitrogen and oxygen atoms in total. The maximum atomic E-state index is 5.14. The van der Waals surface area contributed by atoms with Crippen molar-refractivity contribution in [3.8, 4) is 168 Å². The van der Waals surface area contributed by atoms with Gasteiger partial charge in [-0.05, 0) is 217 Å². The summed E-state index contributed by atoms with van der Waals surface area (Å²) in [4.78, 5) is 32.9. The van der Waals surface area contributed by atoms with Gasteiger partial charge in [0.1, 0.15) is 0 Å². The average Bonchev–Trinajstić information content (AvgIpc) is 0.795. The van der Waals surface area contributed by atoms with Gasteiger partial charge in [0.05, 0.1) is 45.6 Å². The van der Waals surface area contributed by atoms with E-state index in [9.17, 15) is 0 Å². The zero-order valence-corrected chi connectivity index (χ0v) is 59.1. The molecule has 0 N–H and O–H groups in total. The quantitative estimate of drug-likeness (QED) is 0.101. The average molecular weight is 1380 g/mol. The fraction of sp³-hybridized carbons (Fsp3) is 0. The second-order valence-electron chi connectivity index (χ2n) is 26.1. The first-order valence-corrected chi connectivity index (χ1v) is 36.1. The predicted molar refractivity (Wildman–Crippen MR) is 445 cm³/mol. The Morgan fingerprint density at radius 3 is 0.537 bits per heavy atom. The minimum absolute atomic E-state index is 0.928. The summed E-state index contributed by atoms with van der Waals surface area (Å²) >= 11 is 0. The lowest BCUT2D eigenvalue weighted by molar-refractivity contribution is 1.30. The number of rotatable bonds is 15. The molecule has 0 unspecified atom stereocenters. The molecule has 0 saturated carbocycles. The smallest absolute Gasteiger partial charge is 0.0716 e. The van der Waals surface area contributed by atoms with E-state index in [0.717, 1.165) is 140 Å². The molecule has 7 aromatic heterocycles. The molecule has 0 amide bonds. The Hall–Kier alpha value is -14.5. The second kappa shape index (κ2) is 32.8. The lowest BCUT2D eigenvalue weighted by Crippen LogP contribution is -1.93. The topological polar surface area (TPSA) is 90.2 Å². The molecule has 0 bridgehead atoms. The highest BCUT2D eigenvalue weighted by Crippen LogP contribution is 2.40. The summed E-state index contributed by atoms with van der Waals surface area (Å²) in [5, 5.41) is 0. The van der Waals surface area contributed by atoms with Gasteiger partial charge in [0.15, 0.2) is 0 Å². The van der Waals surface area contributed by atoms with Crippen LogP contribution in [0, 0.1) is 0 Å². The van der Waals surface area contributed by atoms with Crippen molar-refractivity contribution in [1.82, 2.24) is 34.9 Å². The second-order valence-corrected chi connectivity index (χ2v) is 26.1. The van der Waals surface area contributed by atoms with Crippen LogP contribution in [0.4, 0.5) is 0 Å². The number of nitrogens with zero attached hydrogens (tertiary/aromatic N) is 7. The Kier molecular flexibility index (Phi) is 20.7. The van der Waals surface area contributed by atoms with Crippen LogP contribution in [-0.2, 0) is 0 Å². The van der Waals surface area contributed by atoms with Gasteiger partial charge < -0.3 is 0 Å². The van der Waals surface area contributed by atoms with Gasteiger partial charge in [0, 0.05) is 81.7 Å². The van der Waals surface area contributed by atoms with Crippen LogP contribution in [0.15, 0.2) is 431 Å². The third kappa shape index (κ3) is 16.4. The van der Waals surface area contributed by atoms with E-state index >= 15 is 0 Å². The third-order valence-electron chi connectivity index (χ3n) is 18.9. The van der Waals surface area contributed by atoms with E-state index in [0.29, 0.717) is 0 Å². The Morgan fingerprint density at radius 1 is 0.111 bits per heavy atom. The van der Waals surface area contributed by atoms with Gasteiger partial charge in [-0.25, -0.2) is 15.0 Å². The third-order valence-corrected chi connectivity index (χ3v) is 18.9. The first-order chi connectivity index (χ1) is 53.5. The van der Waals surface area contributed by atoms with Gasteiger partial charge in [0.2, 0.25) is 0 Å². The van der Waals surface area contributed by atoms with Gasteiger partial charge in [-0.2, -0.15) is 0 Å². The molecule has 0 aliphatic carbocycles. The first kappa shape index (κ1) is 67.9. The number of pyridine rings is 7. The van der Waals surface area contributed by atoms with Crippen LogP contribution >= 0.6 is 0 Å². The monoisotopic (exact) mass is 1380 g/mol. The highest BCUT2D eigenvalue weighted by atomic mass is 14.7. The van der Waals surface area contributed by atoms with E-state index in [1.807, 2.05) is 159 Å². The van der Waals surface area contributed by atoms with Crippen molar-refractivity contribution < 1.29 is 0 Å². The fourth-order valence-corrected chi connectivity index (χ4v) is 13.4. The molecule has 18 aromatic rings. The molecule has 0 aliphatic rings. The summed E-state index contributed by atoms with van der Waals surface area (Å²) < 4.78 is 0. The molecule has 0 fully saturated rings. The largest absolute Gasteiger partial charge is 0.265 e. The van der Waals surface area contributed by atoms with Crippen LogP contribution in [0.25, 0.3) is 168 Å². The molecule has 0 spiro atoms. The Balaban J connectivity index is 0.000000124. The molecular weight excluding hydrogens is 1310 g/mol. The van der Waals surface area contributed by atoms with Gasteiger partial charge in [-0.15, -0.1) is 0 Å². The standard InChI is InChI=1S/C35H25N.2C33H23N3/c1-5-13-26(14-6-1)30-21-31(27-15-7-2-8-16-27)23-32(22-30)33-24-34(28-17-9-3-10-18-28)36-35(25-33)29-19-11-4-12-20-29;1-3-11-24(12-4-1)32-22-27(23-33(36-32)25-13-5-2-6-14-25)26-19-28(30-15-7-9-17-34-30)21-29(20-26)31-16-8-10-18-35-31;1-3-7-24(8-4-1)30-22-32(27-9-5-2-6-10-27)36-33(23-30)31-20-28(25-11-15-34-16-12-25)19-29(21-31)26-13-17-35-18-14-26/h1-25H;2*1-23H. The van der Waals surface area contributed by atoms with Crippen LogP contribution in [-0.4, -0.2) is 34.9 Å². The van der Waals surface area contributed by atoms with Crippen molar-refractivity contribution >= 4 is 0 Å². The summed E-state index contributed by atoms with van der Waals surface area (Å²) in [6.07, 6.45) is 11.0. The number of hydrogen-bond acceptors (Lipinski definition) is 7. The molecule has 0 atom stereocenters. The van der Waals surface area contributed by atoms with Crippen LogP contribution in [0.5, 0.6) is 0 Å². The Bertz CT molecular complexity index is 4660. The van der Waals surface area contributed by atoms with Gasteiger partial charge >= 0.3 is 0 Å². The number of aromatic nitrogens is 7. The van der Waals surface area contributed by atoms with Crippen LogP contribution in [0.2, 0.25) is 0 Å². The van der Waals surface area contributed by atoms with Gasteiger partial charge in [-0.1, -0.05) is 255 Å². The van der Waals surface area contributed by atoms with Gasteiger partial charge in [0.25, 0.3) is 0 Å². The summed E-state index contributed by atoms with van der Waals surface area (Å²) in [5.74, 6) is 0. The van der Waals surface area contributed by atoms with Crippen molar-refractivity contribution in [3.05, 3.63) is 431 Å². The van der Waals surface area contributed by atoms with Crippen LogP contribution in [0.3, 0.4) is 0 Å². The van der Waals surface area contributed by atoms with Crippen molar-refractivity contribution in [2.24, 2.45) is 0 Å². The van der Waals surface area contributed by atoms with Gasteiger partial charge in [-0.3, -0.25) is 19.9 Å². The molecule has 0 aliphatic heterocycles. The van der Waals surface area contributed by atoms with Crippen molar-refractivity contribution in [1.29, 1.82) is 0 Å². The predicted octanol–water partition coefficient (Wildman–Crippen LogP) is 25.8. The van der Waals surface area contributed by atoms with E-state index in [1.54, 1.807) is 0 Å². The maximum absolute atomic E-state index is 5.14. The molecular formula is C101H71N7. The minimum atomic E-state index is 0.928. The summed E-state index contributed by atoms with van der Waals surface area (Å²) in [6, 6.07) is 137. The molecule has 7 heterocycles. The van der Waals surface area contributed by atoms with E-state index in [4.69, 9.17) is 15.0 Å². The van der Waals surface area contributed by atoms with Crippen LogP contribution in [0.1, 0.15) is 0 Å². The normalized spacial score (nSPS) is 10.8. The zero-order chi connectivity index (χ0) is 72.5. The Morgan fingerprint density at radius 2 is 0.287 bits per heavy atom. The van der Waals surface area contributed by atoms with Crippen molar-refractivity contribution in [2.45, 2.75) is 0 Å². The molecule has 18 rings (SSSR count). The minimum Gasteiger partial charge on any atom is -0.265 e. The molecule has 11 aromatic carbocycles. The highest BCUT2D eigenvalue weighted by molar-refractivity contribution is 5.88. The molecule has 510 valence electrons. The number of benzene rings is 11. The summed E-state index contributed by atoms with van der Waals surface area (Å²) in [7, 11) is 0. The molecule has 0 saturated heterocycles. The summed E-state index contributed by atoms with van der Waals surface area (Å²) in [5.41, 5.74) is 32.3. The Labute approximate surface area is 630 Å². The fourth-order valence-electron chi connectivity index (χ4n) is 13.4. The van der Waals surface area contributed by atoms with Crippen LogP contribution < -0.4 is 0 Å². The van der Waals surface area contributed by atoms with E-state index in [2.05, 4.69) is 293 Å². The van der Waals surface area contributed by atoms with Crippen molar-refractivity contribution in [2.75, 3.05) is 0 Å². The van der Waals surface area contributed by atoms with E-state index in [1.165, 1.54) is 27.8 Å². The number of hydrogen-bond donors (Lipinski definition) is 0. The molecule has 7 heteroatoms. The zero-order valence-electron chi connectivity index (χ0n) is 59.1. The van der Waals surface area contributed by atoms with Crippen molar-refractivity contribution in [3.63, 3.8) is 0 Å². The SMILES string of the molecule is c1ccc(-c2cc(-c3cc(-c4ccccn4)cc(-c4ccccn4)c3)cc(-c3ccccc3)n2)cc1.c1ccc(-c2cc(-c3ccccc3)cc(-c3cc(-c4ccccc4)nc(-c4ccccc4)c3)c2)cc1.c1ccc(-c2cc(-c3ccccc3)nc(-c3cc(-c4ccncc4)cc(-c4ccncc4)c3)c2)cc1. The van der Waals surface area contributed by atoms with E-state index < -0.39 is 0 Å². The lowest BCUT2D eigenvalue weighted by atomic mass is 9.92. The van der Waals surface area contributed by atoms with E-state index in [-0.39, 0.29) is 0 Å². The molecule has 0 radical (unpaired) electrons. The molecule has 108 heavy (non-hydrogen) atoms. The summed E-state index contributed by atoms with van der Waals surface area (Å²) in [6.45, 7) is 0. The highest BCUT2D eigenvalue weighted by Gasteiger charge is 2.17. The first-order valence-electron chi connectivity index (χ1n) is 36.1. The lowest BCUT2D eigenvalue weighted by Gasteiger charge is -2.14.